The van der Waals surface area contributed by atoms with Gasteiger partial charge in [0.1, 0.15) is 22.3 Å². The zero-order valence-electron chi connectivity index (χ0n) is 36.3. The molecule has 0 radical (unpaired) electrons. The number of rotatable bonds is 4. The van der Waals surface area contributed by atoms with Gasteiger partial charge in [-0.15, -0.1) is 0 Å². The third-order valence-corrected chi connectivity index (χ3v) is 9.23. The van der Waals surface area contributed by atoms with E-state index in [-0.39, 0.29) is 28.6 Å². The molecule has 0 N–H and O–H groups in total. The van der Waals surface area contributed by atoms with Crippen LogP contribution in [-0.2, 0) is 0 Å². The Bertz CT molecular complexity index is 3600. The Balaban J connectivity index is 1.10. The number of hydrogen-bond acceptors (Lipinski definition) is 5. The van der Waals surface area contributed by atoms with E-state index in [0.717, 1.165) is 60.2 Å². The smallest absolute Gasteiger partial charge is 0.164 e. The maximum absolute atomic E-state index is 8.64. The number of para-hydroxylation sites is 2. The zero-order chi connectivity index (χ0) is 42.2. The van der Waals surface area contributed by atoms with Crippen LogP contribution in [0, 0.1) is 0 Å². The molecule has 0 bridgehead atoms. The summed E-state index contributed by atoms with van der Waals surface area (Å²) in [6.07, 6.45) is 0. The fourth-order valence-electron chi connectivity index (χ4n) is 7.01. The average Bonchev–Trinajstić information content (AvgIpc) is 3.95. The zero-order valence-corrected chi connectivity index (χ0v) is 26.3. The van der Waals surface area contributed by atoms with E-state index in [1.807, 2.05) is 48.5 Å². The standard InChI is InChI=1S/C45H26N4O2/c1-3-11-27(12-4-1)43-46-44(28-13-5-2-6-14-28)48-45(47-43)29-19-21-32-35-26-30(20-24-39(35)50-40(32)25-29)49-36-17-9-7-16-34(36)41-37(49)23-22-33-31-15-8-10-18-38(31)51-42(33)41/h1-26H/i1D,2D,3D,4D,5D,6D,11D,12D,13D,14D. The van der Waals surface area contributed by atoms with Gasteiger partial charge in [-0.2, -0.15) is 0 Å². The second kappa shape index (κ2) is 10.7. The molecule has 4 heterocycles. The summed E-state index contributed by atoms with van der Waals surface area (Å²) < 4.78 is 98.9. The molecule has 238 valence electrons. The molecule has 0 aliphatic rings. The molecule has 0 unspecified atom stereocenters. The third kappa shape index (κ3) is 4.26. The van der Waals surface area contributed by atoms with Gasteiger partial charge in [0.25, 0.3) is 0 Å². The maximum atomic E-state index is 8.64. The Morgan fingerprint density at radius 3 is 1.84 bits per heavy atom. The first kappa shape index (κ1) is 19.8. The summed E-state index contributed by atoms with van der Waals surface area (Å²) in [6, 6.07) is 25.6. The van der Waals surface area contributed by atoms with Crippen LogP contribution in [0.1, 0.15) is 13.7 Å². The van der Waals surface area contributed by atoms with Gasteiger partial charge in [-0.3, -0.25) is 0 Å². The van der Waals surface area contributed by atoms with Crippen LogP contribution >= 0.6 is 0 Å². The Morgan fingerprint density at radius 1 is 0.451 bits per heavy atom. The molecule has 0 saturated carbocycles. The van der Waals surface area contributed by atoms with Crippen molar-refractivity contribution in [3.05, 3.63) is 157 Å². The van der Waals surface area contributed by atoms with Crippen molar-refractivity contribution in [1.82, 2.24) is 19.5 Å². The highest BCUT2D eigenvalue weighted by atomic mass is 16.3. The third-order valence-electron chi connectivity index (χ3n) is 9.23. The van der Waals surface area contributed by atoms with Crippen LogP contribution in [0.4, 0.5) is 0 Å². The van der Waals surface area contributed by atoms with Gasteiger partial charge in [0.2, 0.25) is 0 Å². The van der Waals surface area contributed by atoms with Gasteiger partial charge >= 0.3 is 0 Å². The number of fused-ring (bicyclic) bond motifs is 10. The summed E-state index contributed by atoms with van der Waals surface area (Å²) in [4.78, 5) is 13.5. The highest BCUT2D eigenvalue weighted by Gasteiger charge is 2.20. The van der Waals surface area contributed by atoms with Crippen molar-refractivity contribution >= 4 is 65.7 Å². The van der Waals surface area contributed by atoms with Crippen molar-refractivity contribution in [2.75, 3.05) is 0 Å². The molecule has 0 aliphatic carbocycles. The van der Waals surface area contributed by atoms with Crippen molar-refractivity contribution < 1.29 is 22.5 Å². The van der Waals surface area contributed by atoms with Crippen LogP contribution in [0.2, 0.25) is 0 Å². The Labute approximate surface area is 304 Å². The molecule has 6 nitrogen and oxygen atoms in total. The molecule has 0 aliphatic heterocycles. The summed E-state index contributed by atoms with van der Waals surface area (Å²) in [5.41, 5.74) is 5.26. The summed E-state index contributed by atoms with van der Waals surface area (Å²) in [5.74, 6) is -0.739. The highest BCUT2D eigenvalue weighted by molar-refractivity contribution is 6.24. The van der Waals surface area contributed by atoms with E-state index in [1.54, 1.807) is 12.1 Å². The first-order chi connectivity index (χ1) is 29.4. The van der Waals surface area contributed by atoms with E-state index >= 15 is 0 Å². The average molecular weight is 665 g/mol. The van der Waals surface area contributed by atoms with E-state index < -0.39 is 60.4 Å². The Morgan fingerprint density at radius 2 is 1.08 bits per heavy atom. The molecule has 0 spiro atoms. The SMILES string of the molecule is [2H]c1c([2H])c([2H])c(-c2nc(-c3ccc4c(c3)oc3ccc(-n5c6ccccc6c6c7oc8ccccc8c7ccc65)cc34)nc(-c3c([2H])c([2H])c([2H])c([2H])c3[2H])n2)c([2H])c1[2H]. The van der Waals surface area contributed by atoms with Gasteiger partial charge < -0.3 is 13.4 Å². The molecule has 0 saturated heterocycles. The molecule has 4 aromatic heterocycles. The van der Waals surface area contributed by atoms with Crippen molar-refractivity contribution in [2.24, 2.45) is 0 Å². The van der Waals surface area contributed by atoms with Crippen LogP contribution in [0.3, 0.4) is 0 Å². The molecule has 11 rings (SSSR count). The van der Waals surface area contributed by atoms with Gasteiger partial charge in [-0.25, -0.2) is 15.0 Å². The molecule has 7 aromatic carbocycles. The van der Waals surface area contributed by atoms with E-state index in [0.29, 0.717) is 16.7 Å². The number of hydrogen-bond donors (Lipinski definition) is 0. The van der Waals surface area contributed by atoms with E-state index in [4.69, 9.17) is 22.5 Å². The molecule has 0 amide bonds. The van der Waals surface area contributed by atoms with Gasteiger partial charge in [0.15, 0.2) is 17.5 Å². The van der Waals surface area contributed by atoms with Gasteiger partial charge in [0.05, 0.1) is 30.1 Å². The molecule has 6 heteroatoms. The summed E-state index contributed by atoms with van der Waals surface area (Å²) in [6.45, 7) is 0. The normalized spacial score (nSPS) is 14.7. The number of nitrogens with zero attached hydrogens (tertiary/aromatic N) is 4. The summed E-state index contributed by atoms with van der Waals surface area (Å²) >= 11 is 0. The molecule has 51 heavy (non-hydrogen) atoms. The largest absolute Gasteiger partial charge is 0.456 e. The minimum Gasteiger partial charge on any atom is -0.456 e. The minimum absolute atomic E-state index is 0.0520. The van der Waals surface area contributed by atoms with Crippen molar-refractivity contribution in [2.45, 2.75) is 0 Å². The van der Waals surface area contributed by atoms with Gasteiger partial charge in [-0.05, 0) is 54.6 Å². The van der Waals surface area contributed by atoms with Crippen LogP contribution in [0.5, 0.6) is 0 Å². The van der Waals surface area contributed by atoms with Crippen LogP contribution in [0.25, 0.3) is 106 Å². The molecule has 0 atom stereocenters. The lowest BCUT2D eigenvalue weighted by Gasteiger charge is -2.08. The van der Waals surface area contributed by atoms with Crippen LogP contribution in [-0.4, -0.2) is 19.5 Å². The summed E-state index contributed by atoms with van der Waals surface area (Å²) in [5, 5.41) is 5.74. The summed E-state index contributed by atoms with van der Waals surface area (Å²) in [7, 11) is 0. The predicted octanol–water partition coefficient (Wildman–Crippen LogP) is 11.8. The second-order valence-electron chi connectivity index (χ2n) is 12.1. The lowest BCUT2D eigenvalue weighted by atomic mass is 10.1. The number of furan rings is 2. The van der Waals surface area contributed by atoms with E-state index in [1.165, 1.54) is 0 Å². The molecule has 11 aromatic rings. The topological polar surface area (TPSA) is 69.9 Å². The van der Waals surface area contributed by atoms with Crippen LogP contribution < -0.4 is 0 Å². The number of benzene rings is 7. The fraction of sp³-hybridized carbons (Fsp3) is 0. The molecule has 0 fully saturated rings. The van der Waals surface area contributed by atoms with Gasteiger partial charge in [-0.1, -0.05) is 103 Å². The van der Waals surface area contributed by atoms with Crippen molar-refractivity contribution in [3.8, 4) is 39.9 Å². The minimum atomic E-state index is -0.617. The monoisotopic (exact) mass is 664 g/mol. The quantitative estimate of drug-likeness (QED) is 0.187. The maximum Gasteiger partial charge on any atom is 0.164 e. The van der Waals surface area contributed by atoms with Gasteiger partial charge in [0, 0.05) is 49.3 Å². The van der Waals surface area contributed by atoms with Crippen LogP contribution in [0.15, 0.2) is 166 Å². The number of aromatic nitrogens is 4. The first-order valence-electron chi connectivity index (χ1n) is 21.1. The molecular weight excluding hydrogens is 629 g/mol. The first-order valence-corrected chi connectivity index (χ1v) is 16.1. The van der Waals surface area contributed by atoms with Crippen molar-refractivity contribution in [3.63, 3.8) is 0 Å². The lowest BCUT2D eigenvalue weighted by molar-refractivity contribution is 0.669. The lowest BCUT2D eigenvalue weighted by Crippen LogP contribution is -2.00. The van der Waals surface area contributed by atoms with E-state index in [2.05, 4.69) is 55.9 Å². The Hall–Kier alpha value is -7.05. The fourth-order valence-corrected chi connectivity index (χ4v) is 7.01. The van der Waals surface area contributed by atoms with Crippen molar-refractivity contribution in [1.29, 1.82) is 0 Å². The second-order valence-corrected chi connectivity index (χ2v) is 12.1. The highest BCUT2D eigenvalue weighted by Crippen LogP contribution is 2.41. The predicted molar refractivity (Wildman–Crippen MR) is 205 cm³/mol. The Kier molecular flexibility index (Phi) is 4.17. The molecular formula is C45H26N4O2. The van der Waals surface area contributed by atoms with E-state index in [9.17, 15) is 0 Å².